The van der Waals surface area contributed by atoms with E-state index in [1.165, 1.54) is 4.90 Å². The molecule has 0 aromatic carbocycles. The Labute approximate surface area is 102 Å². The van der Waals surface area contributed by atoms with E-state index in [9.17, 15) is 9.59 Å². The lowest BCUT2D eigenvalue weighted by molar-refractivity contribution is -0.138. The fraction of sp³-hybridized carbons (Fsp3) is 0.667. The molecule has 0 aromatic rings. The lowest BCUT2D eigenvalue weighted by atomic mass is 10.2. The molecule has 0 aliphatic carbocycles. The maximum atomic E-state index is 11.7. The number of carbonyl (C=O) groups is 2. The number of amides is 1. The Hall–Kier alpha value is -1.36. The zero-order valence-corrected chi connectivity index (χ0v) is 10.6. The van der Waals surface area contributed by atoms with Crippen LogP contribution in [0.25, 0.3) is 0 Å². The van der Waals surface area contributed by atoms with E-state index in [0.717, 1.165) is 12.8 Å². The van der Waals surface area contributed by atoms with Crippen LogP contribution in [-0.4, -0.2) is 47.6 Å². The molecular formula is C12H22N2O3. The summed E-state index contributed by atoms with van der Waals surface area (Å²) in [5.74, 6) is -1.08. The van der Waals surface area contributed by atoms with Gasteiger partial charge in [-0.25, -0.2) is 0 Å². The molecule has 0 saturated heterocycles. The predicted octanol–water partition coefficient (Wildman–Crippen LogP) is 0.864. The normalized spacial score (nSPS) is 10.6. The van der Waals surface area contributed by atoms with E-state index in [1.54, 1.807) is 6.08 Å². The molecule has 0 aromatic heterocycles. The summed E-state index contributed by atoms with van der Waals surface area (Å²) in [6, 6.07) is 0.165. The molecular weight excluding hydrogens is 220 g/mol. The van der Waals surface area contributed by atoms with Crippen molar-refractivity contribution in [2.75, 3.05) is 19.6 Å². The first-order valence-corrected chi connectivity index (χ1v) is 5.87. The fourth-order valence-corrected chi connectivity index (χ4v) is 1.53. The van der Waals surface area contributed by atoms with Crippen molar-refractivity contribution >= 4 is 11.9 Å². The fourth-order valence-electron chi connectivity index (χ4n) is 1.53. The van der Waals surface area contributed by atoms with Gasteiger partial charge in [-0.05, 0) is 12.8 Å². The summed E-state index contributed by atoms with van der Waals surface area (Å²) >= 11 is 0. The molecule has 0 aliphatic rings. The van der Waals surface area contributed by atoms with Crippen molar-refractivity contribution < 1.29 is 14.7 Å². The maximum absolute atomic E-state index is 11.7. The zero-order chi connectivity index (χ0) is 13.3. The van der Waals surface area contributed by atoms with Crippen molar-refractivity contribution in [2.24, 2.45) is 0 Å². The van der Waals surface area contributed by atoms with E-state index < -0.39 is 5.97 Å². The molecule has 17 heavy (non-hydrogen) atoms. The van der Waals surface area contributed by atoms with Gasteiger partial charge in [-0.3, -0.25) is 14.5 Å². The Morgan fingerprint density at radius 2 is 1.94 bits per heavy atom. The van der Waals surface area contributed by atoms with Gasteiger partial charge < -0.3 is 10.4 Å². The van der Waals surface area contributed by atoms with Gasteiger partial charge in [0.1, 0.15) is 0 Å². The maximum Gasteiger partial charge on any atom is 0.317 e. The Morgan fingerprint density at radius 3 is 2.35 bits per heavy atom. The molecule has 0 heterocycles. The SMILES string of the molecule is C=CCN(CC(=O)O)CC(=O)NC(CC)CC. The minimum Gasteiger partial charge on any atom is -0.480 e. The van der Waals surface area contributed by atoms with Crippen molar-refractivity contribution in [3.8, 4) is 0 Å². The molecule has 0 atom stereocenters. The second-order valence-electron chi connectivity index (χ2n) is 3.93. The molecule has 1 amide bonds. The summed E-state index contributed by atoms with van der Waals surface area (Å²) in [4.78, 5) is 23.8. The second kappa shape index (κ2) is 8.75. The van der Waals surface area contributed by atoms with E-state index in [4.69, 9.17) is 5.11 Å². The minimum absolute atomic E-state index is 0.0921. The number of carbonyl (C=O) groups excluding carboxylic acids is 1. The first-order chi connectivity index (χ1) is 8.03. The van der Waals surface area contributed by atoms with Gasteiger partial charge in [0, 0.05) is 12.6 Å². The van der Waals surface area contributed by atoms with E-state index >= 15 is 0 Å². The highest BCUT2D eigenvalue weighted by Gasteiger charge is 2.14. The highest BCUT2D eigenvalue weighted by atomic mass is 16.4. The molecule has 0 bridgehead atoms. The first-order valence-electron chi connectivity index (χ1n) is 5.87. The summed E-state index contributed by atoms with van der Waals surface area (Å²) in [6.45, 7) is 7.89. The van der Waals surface area contributed by atoms with Gasteiger partial charge in [0.25, 0.3) is 0 Å². The van der Waals surface area contributed by atoms with Crippen LogP contribution < -0.4 is 5.32 Å². The zero-order valence-electron chi connectivity index (χ0n) is 10.6. The van der Waals surface area contributed by atoms with Gasteiger partial charge in [-0.1, -0.05) is 19.9 Å². The van der Waals surface area contributed by atoms with Crippen molar-refractivity contribution in [3.05, 3.63) is 12.7 Å². The number of carboxylic acid groups (broad SMARTS) is 1. The Kier molecular flexibility index (Phi) is 8.05. The average Bonchev–Trinajstić information content (AvgIpc) is 2.25. The molecule has 2 N–H and O–H groups in total. The van der Waals surface area contributed by atoms with Gasteiger partial charge in [0.05, 0.1) is 13.1 Å². The van der Waals surface area contributed by atoms with Crippen LogP contribution >= 0.6 is 0 Å². The van der Waals surface area contributed by atoms with Gasteiger partial charge >= 0.3 is 5.97 Å². The number of hydrogen-bond acceptors (Lipinski definition) is 3. The van der Waals surface area contributed by atoms with E-state index in [-0.39, 0.29) is 25.0 Å². The summed E-state index contributed by atoms with van der Waals surface area (Å²) < 4.78 is 0. The molecule has 0 rings (SSSR count). The standard InChI is InChI=1S/C12H22N2O3/c1-4-7-14(9-12(16)17)8-11(15)13-10(5-2)6-3/h4,10H,1,5-9H2,2-3H3,(H,13,15)(H,16,17). The monoisotopic (exact) mass is 242 g/mol. The van der Waals surface area contributed by atoms with Crippen LogP contribution in [0.15, 0.2) is 12.7 Å². The van der Waals surface area contributed by atoms with Gasteiger partial charge in [0.2, 0.25) is 5.91 Å². The van der Waals surface area contributed by atoms with Crippen LogP contribution in [0.4, 0.5) is 0 Å². The first kappa shape index (κ1) is 15.6. The highest BCUT2D eigenvalue weighted by molar-refractivity contribution is 5.79. The summed E-state index contributed by atoms with van der Waals surface area (Å²) in [5, 5.41) is 11.6. The van der Waals surface area contributed by atoms with Crippen molar-refractivity contribution in [3.63, 3.8) is 0 Å². The van der Waals surface area contributed by atoms with Crippen LogP contribution in [0.1, 0.15) is 26.7 Å². The van der Waals surface area contributed by atoms with Crippen LogP contribution in [0.2, 0.25) is 0 Å². The minimum atomic E-state index is -0.942. The number of carboxylic acids is 1. The summed E-state index contributed by atoms with van der Waals surface area (Å²) in [6.07, 6.45) is 3.35. The molecule has 0 radical (unpaired) electrons. The molecule has 0 saturated carbocycles. The van der Waals surface area contributed by atoms with Crippen molar-refractivity contribution in [2.45, 2.75) is 32.7 Å². The molecule has 0 aliphatic heterocycles. The smallest absolute Gasteiger partial charge is 0.317 e. The van der Waals surface area contributed by atoms with E-state index in [0.29, 0.717) is 6.54 Å². The summed E-state index contributed by atoms with van der Waals surface area (Å²) in [7, 11) is 0. The van der Waals surface area contributed by atoms with E-state index in [2.05, 4.69) is 11.9 Å². The average molecular weight is 242 g/mol. The quantitative estimate of drug-likeness (QED) is 0.588. The lowest BCUT2D eigenvalue weighted by Gasteiger charge is -2.20. The Morgan fingerprint density at radius 1 is 1.35 bits per heavy atom. The van der Waals surface area contributed by atoms with E-state index in [1.807, 2.05) is 13.8 Å². The highest BCUT2D eigenvalue weighted by Crippen LogP contribution is 1.96. The van der Waals surface area contributed by atoms with Gasteiger partial charge in [-0.15, -0.1) is 6.58 Å². The third-order valence-corrected chi connectivity index (χ3v) is 2.46. The number of hydrogen-bond donors (Lipinski definition) is 2. The molecule has 5 nitrogen and oxygen atoms in total. The number of nitrogens with one attached hydrogen (secondary N) is 1. The lowest BCUT2D eigenvalue weighted by Crippen LogP contribution is -2.43. The molecule has 0 fully saturated rings. The van der Waals surface area contributed by atoms with Gasteiger partial charge in [-0.2, -0.15) is 0 Å². The number of nitrogens with zero attached hydrogens (tertiary/aromatic N) is 1. The number of rotatable bonds is 9. The second-order valence-corrected chi connectivity index (χ2v) is 3.93. The largest absolute Gasteiger partial charge is 0.480 e. The molecule has 0 spiro atoms. The topological polar surface area (TPSA) is 69.6 Å². The Balaban J connectivity index is 4.19. The summed E-state index contributed by atoms with van der Waals surface area (Å²) in [5.41, 5.74) is 0. The van der Waals surface area contributed by atoms with Crippen molar-refractivity contribution in [1.29, 1.82) is 0 Å². The van der Waals surface area contributed by atoms with Crippen LogP contribution in [0.5, 0.6) is 0 Å². The van der Waals surface area contributed by atoms with Crippen LogP contribution in [0.3, 0.4) is 0 Å². The van der Waals surface area contributed by atoms with Crippen LogP contribution in [0, 0.1) is 0 Å². The molecule has 5 heteroatoms. The third kappa shape index (κ3) is 7.52. The van der Waals surface area contributed by atoms with Crippen molar-refractivity contribution in [1.82, 2.24) is 10.2 Å². The predicted molar refractivity (Wildman–Crippen MR) is 66.8 cm³/mol. The third-order valence-electron chi connectivity index (χ3n) is 2.46. The van der Waals surface area contributed by atoms with Gasteiger partial charge in [0.15, 0.2) is 0 Å². The Bertz CT molecular complexity index is 262. The van der Waals surface area contributed by atoms with Crippen LogP contribution in [-0.2, 0) is 9.59 Å². The molecule has 98 valence electrons. The molecule has 0 unspecified atom stereocenters. The number of aliphatic carboxylic acids is 1.